The molecule has 1 aromatic heterocycles. The van der Waals surface area contributed by atoms with Crippen molar-refractivity contribution in [1.29, 1.82) is 0 Å². The fourth-order valence-corrected chi connectivity index (χ4v) is 3.13. The van der Waals surface area contributed by atoms with Gasteiger partial charge in [0.25, 0.3) is 10.0 Å². The molecular weight excluding hydrogens is 332 g/mol. The number of sulfonamides is 1. The molecule has 6 nitrogen and oxygen atoms in total. The molecule has 2 aromatic rings. The van der Waals surface area contributed by atoms with Gasteiger partial charge in [-0.1, -0.05) is 23.8 Å². The molecule has 0 amide bonds. The molecule has 2 rings (SSSR count). The summed E-state index contributed by atoms with van der Waals surface area (Å²) in [4.78, 5) is 4.06. The zero-order chi connectivity index (χ0) is 15.8. The van der Waals surface area contributed by atoms with E-state index < -0.39 is 10.0 Å². The number of nitrogens with one attached hydrogen (secondary N) is 1. The minimum absolute atomic E-state index is 0.0709. The molecule has 21 heavy (non-hydrogen) atoms. The van der Waals surface area contributed by atoms with Crippen molar-refractivity contribution in [2.75, 3.05) is 4.72 Å². The van der Waals surface area contributed by atoms with Crippen molar-refractivity contribution in [1.82, 2.24) is 9.55 Å². The third-order valence-electron chi connectivity index (χ3n) is 2.85. The van der Waals surface area contributed by atoms with E-state index in [2.05, 4.69) is 9.71 Å². The number of benzene rings is 1. The lowest BCUT2D eigenvalue weighted by Gasteiger charge is -2.11. The van der Waals surface area contributed by atoms with Crippen LogP contribution >= 0.6 is 23.8 Å². The highest BCUT2D eigenvalue weighted by atomic mass is 35.5. The average molecular weight is 345 g/mol. The van der Waals surface area contributed by atoms with E-state index in [0.29, 0.717) is 16.4 Å². The summed E-state index contributed by atoms with van der Waals surface area (Å²) in [7, 11) is -2.13. The number of halogens is 1. The number of hydrogen-bond acceptors (Lipinski definition) is 4. The van der Waals surface area contributed by atoms with Crippen molar-refractivity contribution in [2.45, 2.75) is 11.9 Å². The van der Waals surface area contributed by atoms with E-state index in [1.54, 1.807) is 30.7 Å². The van der Waals surface area contributed by atoms with Gasteiger partial charge in [-0.15, -0.1) is 0 Å². The third kappa shape index (κ3) is 3.34. The Balaban J connectivity index is 2.45. The molecule has 0 aliphatic rings. The Bertz CT molecular complexity index is 795. The van der Waals surface area contributed by atoms with Crippen molar-refractivity contribution < 1.29 is 8.42 Å². The highest BCUT2D eigenvalue weighted by Gasteiger charge is 2.20. The van der Waals surface area contributed by atoms with Crippen molar-refractivity contribution in [3.63, 3.8) is 0 Å². The maximum absolute atomic E-state index is 12.3. The number of aryl methyl sites for hydroxylation is 2. The zero-order valence-corrected chi connectivity index (χ0v) is 13.7. The fraction of sp³-hybridized carbons (Fsp3) is 0.167. The minimum Gasteiger partial charge on any atom is -0.389 e. The molecule has 112 valence electrons. The SMILES string of the molecule is Cc1nc(S(=O)(=O)Nc2cc(Cl)ccc2C(N)=S)cn1C. The number of anilines is 1. The van der Waals surface area contributed by atoms with Crippen LogP contribution in [-0.4, -0.2) is 23.0 Å². The Morgan fingerprint density at radius 3 is 2.67 bits per heavy atom. The molecule has 0 unspecified atom stereocenters. The molecule has 1 aromatic carbocycles. The molecular formula is C12H13ClN4O2S2. The molecule has 9 heteroatoms. The number of nitrogens with two attached hydrogens (primary N) is 1. The van der Waals surface area contributed by atoms with Gasteiger partial charge in [-0.25, -0.2) is 4.98 Å². The van der Waals surface area contributed by atoms with E-state index in [4.69, 9.17) is 29.6 Å². The average Bonchev–Trinajstić information content (AvgIpc) is 2.69. The Hall–Kier alpha value is -1.64. The summed E-state index contributed by atoms with van der Waals surface area (Å²) in [6, 6.07) is 4.59. The zero-order valence-electron chi connectivity index (χ0n) is 11.3. The maximum atomic E-state index is 12.3. The first-order valence-electron chi connectivity index (χ1n) is 5.83. The summed E-state index contributed by atoms with van der Waals surface area (Å²) in [6.45, 7) is 1.71. The third-order valence-corrected chi connectivity index (χ3v) is 4.54. The first-order valence-corrected chi connectivity index (χ1v) is 8.10. The van der Waals surface area contributed by atoms with E-state index in [-0.39, 0.29) is 15.7 Å². The number of hydrogen-bond donors (Lipinski definition) is 2. The highest BCUT2D eigenvalue weighted by molar-refractivity contribution is 7.92. The van der Waals surface area contributed by atoms with Gasteiger partial charge in [-0.05, 0) is 25.1 Å². The molecule has 0 fully saturated rings. The molecule has 0 aliphatic carbocycles. The maximum Gasteiger partial charge on any atom is 0.280 e. The Kier molecular flexibility index (Phi) is 4.22. The minimum atomic E-state index is -3.84. The van der Waals surface area contributed by atoms with Crippen LogP contribution in [0.15, 0.2) is 29.4 Å². The Labute approximate surface area is 133 Å². The van der Waals surface area contributed by atoms with Gasteiger partial charge in [0.15, 0.2) is 5.03 Å². The number of thiocarbonyl (C=S) groups is 1. The molecule has 0 saturated heterocycles. The fourth-order valence-electron chi connectivity index (χ4n) is 1.67. The van der Waals surface area contributed by atoms with Gasteiger partial charge in [-0.3, -0.25) is 4.72 Å². The van der Waals surface area contributed by atoms with Crippen molar-refractivity contribution in [3.8, 4) is 0 Å². The predicted octanol–water partition coefficient (Wildman–Crippen LogP) is 1.82. The van der Waals surface area contributed by atoms with E-state index in [1.165, 1.54) is 12.3 Å². The van der Waals surface area contributed by atoms with E-state index in [1.807, 2.05) is 0 Å². The summed E-state index contributed by atoms with van der Waals surface area (Å²) in [6.07, 6.45) is 1.42. The van der Waals surface area contributed by atoms with Crippen molar-refractivity contribution in [2.24, 2.45) is 12.8 Å². The van der Waals surface area contributed by atoms with Gasteiger partial charge in [0, 0.05) is 23.8 Å². The van der Waals surface area contributed by atoms with Gasteiger partial charge < -0.3 is 10.3 Å². The van der Waals surface area contributed by atoms with Gasteiger partial charge in [0.2, 0.25) is 0 Å². The van der Waals surface area contributed by atoms with Crippen LogP contribution in [0.3, 0.4) is 0 Å². The summed E-state index contributed by atoms with van der Waals surface area (Å²) < 4.78 is 28.7. The van der Waals surface area contributed by atoms with Gasteiger partial charge in [0.1, 0.15) is 10.8 Å². The summed E-state index contributed by atoms with van der Waals surface area (Å²) in [5.41, 5.74) is 6.20. The summed E-state index contributed by atoms with van der Waals surface area (Å²) in [5.74, 6) is 0.580. The lowest BCUT2D eigenvalue weighted by atomic mass is 10.2. The molecule has 0 spiro atoms. The standard InChI is InChI=1S/C12H13ClN4O2S2/c1-7-15-11(6-17(7)2)21(18,19)16-10-5-8(13)3-4-9(10)12(14)20/h3-6,16H,1-2H3,(H2,14,20). The molecule has 3 N–H and O–H groups in total. The van der Waals surface area contributed by atoms with Gasteiger partial charge >= 0.3 is 0 Å². The second-order valence-corrected chi connectivity index (χ2v) is 6.90. The van der Waals surface area contributed by atoms with Crippen LogP contribution in [0.25, 0.3) is 0 Å². The van der Waals surface area contributed by atoms with E-state index in [0.717, 1.165) is 0 Å². The van der Waals surface area contributed by atoms with Crippen LogP contribution in [-0.2, 0) is 17.1 Å². The van der Waals surface area contributed by atoms with E-state index in [9.17, 15) is 8.42 Å². The first kappa shape index (κ1) is 15.7. The number of aromatic nitrogens is 2. The monoisotopic (exact) mass is 344 g/mol. The second-order valence-electron chi connectivity index (χ2n) is 4.40. The van der Waals surface area contributed by atoms with Crippen LogP contribution < -0.4 is 10.5 Å². The van der Waals surface area contributed by atoms with Gasteiger partial charge in [-0.2, -0.15) is 8.42 Å². The lowest BCUT2D eigenvalue weighted by Crippen LogP contribution is -2.18. The van der Waals surface area contributed by atoms with Crippen LogP contribution in [0.1, 0.15) is 11.4 Å². The number of rotatable bonds is 4. The highest BCUT2D eigenvalue weighted by Crippen LogP contribution is 2.24. The normalized spacial score (nSPS) is 11.4. The number of imidazole rings is 1. The first-order chi connectivity index (χ1) is 9.70. The second kappa shape index (κ2) is 5.63. The molecule has 0 atom stereocenters. The van der Waals surface area contributed by atoms with Crippen molar-refractivity contribution in [3.05, 3.63) is 40.8 Å². The summed E-state index contributed by atoms with van der Waals surface area (Å²) >= 11 is 10.8. The molecule has 1 heterocycles. The molecule has 0 radical (unpaired) electrons. The lowest BCUT2D eigenvalue weighted by molar-refractivity contribution is 0.598. The quantitative estimate of drug-likeness (QED) is 0.826. The smallest absolute Gasteiger partial charge is 0.280 e. The predicted molar refractivity (Wildman–Crippen MR) is 86.1 cm³/mol. The molecule has 0 bridgehead atoms. The van der Waals surface area contributed by atoms with Crippen LogP contribution in [0.4, 0.5) is 5.69 Å². The molecule has 0 saturated carbocycles. The van der Waals surface area contributed by atoms with Gasteiger partial charge in [0.05, 0.1) is 5.69 Å². The molecule has 0 aliphatic heterocycles. The largest absolute Gasteiger partial charge is 0.389 e. The Morgan fingerprint density at radius 2 is 2.14 bits per heavy atom. The summed E-state index contributed by atoms with van der Waals surface area (Å²) in [5, 5.41) is 0.279. The number of nitrogens with zero attached hydrogens (tertiary/aromatic N) is 2. The van der Waals surface area contributed by atoms with Crippen molar-refractivity contribution >= 4 is 44.5 Å². The van der Waals surface area contributed by atoms with Crippen LogP contribution in [0.2, 0.25) is 5.02 Å². The topological polar surface area (TPSA) is 90.0 Å². The van der Waals surface area contributed by atoms with Crippen LogP contribution in [0.5, 0.6) is 0 Å². The Morgan fingerprint density at radius 1 is 1.48 bits per heavy atom. The van der Waals surface area contributed by atoms with Crippen LogP contribution in [0, 0.1) is 6.92 Å². The van der Waals surface area contributed by atoms with E-state index >= 15 is 0 Å².